The third kappa shape index (κ3) is 3.32. The van der Waals surface area contributed by atoms with E-state index in [2.05, 4.69) is 27.9 Å². The summed E-state index contributed by atoms with van der Waals surface area (Å²) < 4.78 is 0.968. The van der Waals surface area contributed by atoms with Crippen molar-refractivity contribution in [2.75, 3.05) is 5.32 Å². The molecule has 0 fully saturated rings. The van der Waals surface area contributed by atoms with Gasteiger partial charge in [-0.3, -0.25) is 14.9 Å². The molecule has 0 spiro atoms. The second kappa shape index (κ2) is 6.00. The highest BCUT2D eigenvalue weighted by molar-refractivity contribution is 14.1. The van der Waals surface area contributed by atoms with E-state index in [0.717, 1.165) is 3.57 Å². The first kappa shape index (κ1) is 14.4. The molecule has 0 bridgehead atoms. The van der Waals surface area contributed by atoms with Crippen LogP contribution in [0.5, 0.6) is 0 Å². The zero-order valence-electron chi connectivity index (χ0n) is 10.6. The zero-order chi connectivity index (χ0) is 14.7. The van der Waals surface area contributed by atoms with Crippen LogP contribution in [0.4, 0.5) is 11.4 Å². The highest BCUT2D eigenvalue weighted by Gasteiger charge is 2.11. The Labute approximate surface area is 129 Å². The molecule has 6 heteroatoms. The van der Waals surface area contributed by atoms with Crippen LogP contribution in [-0.2, 0) is 0 Å². The molecule has 0 aliphatic carbocycles. The minimum absolute atomic E-state index is 0.00904. The number of carbonyl (C=O) groups is 1. The number of anilines is 1. The second-order valence-corrected chi connectivity index (χ2v) is 5.47. The van der Waals surface area contributed by atoms with Gasteiger partial charge in [0, 0.05) is 27.0 Å². The summed E-state index contributed by atoms with van der Waals surface area (Å²) in [4.78, 5) is 22.3. The third-order valence-electron chi connectivity index (χ3n) is 2.76. The molecule has 0 atom stereocenters. The molecular weight excluding hydrogens is 371 g/mol. The number of amides is 1. The summed E-state index contributed by atoms with van der Waals surface area (Å²) >= 11 is 2.13. The van der Waals surface area contributed by atoms with Crippen molar-refractivity contribution >= 4 is 39.9 Å². The lowest BCUT2D eigenvalue weighted by Crippen LogP contribution is -2.12. The molecule has 1 amide bonds. The molecule has 0 unspecified atom stereocenters. The lowest BCUT2D eigenvalue weighted by Gasteiger charge is -2.08. The molecule has 102 valence electrons. The van der Waals surface area contributed by atoms with Gasteiger partial charge in [0.2, 0.25) is 0 Å². The van der Waals surface area contributed by atoms with Gasteiger partial charge in [-0.05, 0) is 59.3 Å². The van der Waals surface area contributed by atoms with Crippen molar-refractivity contribution in [2.24, 2.45) is 0 Å². The maximum atomic E-state index is 12.1. The van der Waals surface area contributed by atoms with Gasteiger partial charge in [0.25, 0.3) is 11.6 Å². The van der Waals surface area contributed by atoms with Crippen LogP contribution in [-0.4, -0.2) is 10.8 Å². The smallest absolute Gasteiger partial charge is 0.269 e. The normalized spacial score (nSPS) is 10.1. The van der Waals surface area contributed by atoms with E-state index in [1.807, 2.05) is 6.07 Å². The van der Waals surface area contributed by atoms with E-state index < -0.39 is 4.92 Å². The molecule has 0 radical (unpaired) electrons. The van der Waals surface area contributed by atoms with Crippen molar-refractivity contribution in [1.29, 1.82) is 0 Å². The van der Waals surface area contributed by atoms with Crippen molar-refractivity contribution in [3.63, 3.8) is 0 Å². The summed E-state index contributed by atoms with van der Waals surface area (Å²) in [6, 6.07) is 11.5. The van der Waals surface area contributed by atoms with Crippen molar-refractivity contribution in [3.8, 4) is 0 Å². The minimum Gasteiger partial charge on any atom is -0.322 e. The number of aryl methyl sites for hydroxylation is 1. The molecule has 2 rings (SSSR count). The van der Waals surface area contributed by atoms with Crippen molar-refractivity contribution in [3.05, 3.63) is 67.3 Å². The Kier molecular flexibility index (Phi) is 4.33. The maximum absolute atomic E-state index is 12.1. The number of halogens is 1. The number of nitrogens with one attached hydrogen (secondary N) is 1. The van der Waals surface area contributed by atoms with E-state index in [1.54, 1.807) is 31.2 Å². The molecule has 0 saturated carbocycles. The molecule has 1 N–H and O–H groups in total. The van der Waals surface area contributed by atoms with Gasteiger partial charge in [0.1, 0.15) is 0 Å². The predicted octanol–water partition coefficient (Wildman–Crippen LogP) is 3.76. The molecular formula is C14H11IN2O3. The molecule has 20 heavy (non-hydrogen) atoms. The first-order valence-electron chi connectivity index (χ1n) is 5.79. The summed E-state index contributed by atoms with van der Waals surface area (Å²) in [5, 5.41) is 13.4. The van der Waals surface area contributed by atoms with Crippen molar-refractivity contribution in [1.82, 2.24) is 0 Å². The fourth-order valence-corrected chi connectivity index (χ4v) is 2.27. The Hall–Kier alpha value is -1.96. The Morgan fingerprint density at radius 3 is 2.60 bits per heavy atom. The van der Waals surface area contributed by atoms with E-state index in [9.17, 15) is 14.9 Å². The molecule has 0 heterocycles. The molecule has 2 aromatic rings. The van der Waals surface area contributed by atoms with Crippen LogP contribution in [0.25, 0.3) is 0 Å². The number of non-ortho nitro benzene ring substituents is 1. The van der Waals surface area contributed by atoms with Crippen molar-refractivity contribution in [2.45, 2.75) is 6.92 Å². The lowest BCUT2D eigenvalue weighted by molar-refractivity contribution is -0.384. The van der Waals surface area contributed by atoms with Gasteiger partial charge in [-0.2, -0.15) is 0 Å². The fourth-order valence-electron chi connectivity index (χ4n) is 1.73. The third-order valence-corrected chi connectivity index (χ3v) is 3.43. The van der Waals surface area contributed by atoms with Gasteiger partial charge in [0.05, 0.1) is 4.92 Å². The molecule has 2 aromatic carbocycles. The van der Waals surface area contributed by atoms with Crippen LogP contribution < -0.4 is 5.32 Å². The highest BCUT2D eigenvalue weighted by Crippen LogP contribution is 2.22. The van der Waals surface area contributed by atoms with E-state index in [4.69, 9.17) is 0 Å². The minimum atomic E-state index is -0.460. The van der Waals surface area contributed by atoms with Crippen LogP contribution in [0, 0.1) is 20.6 Å². The number of nitrogens with zero attached hydrogens (tertiary/aromatic N) is 1. The van der Waals surface area contributed by atoms with E-state index >= 15 is 0 Å². The Morgan fingerprint density at radius 2 is 2.00 bits per heavy atom. The van der Waals surface area contributed by atoms with Crippen LogP contribution in [0.3, 0.4) is 0 Å². The van der Waals surface area contributed by atoms with Crippen LogP contribution in [0.15, 0.2) is 42.5 Å². The zero-order valence-corrected chi connectivity index (χ0v) is 12.7. The number of nitro benzene ring substituents is 1. The second-order valence-electron chi connectivity index (χ2n) is 4.22. The Balaban J connectivity index is 2.22. The number of hydrogen-bond donors (Lipinski definition) is 1. The summed E-state index contributed by atoms with van der Waals surface area (Å²) in [5.41, 5.74) is 1.78. The Morgan fingerprint density at radius 1 is 1.25 bits per heavy atom. The largest absolute Gasteiger partial charge is 0.322 e. The number of nitro groups is 1. The van der Waals surface area contributed by atoms with Gasteiger partial charge >= 0.3 is 0 Å². The molecule has 0 aliphatic heterocycles. The standard InChI is InChI=1S/C14H11IN2O3/c1-9-7-12(17(19)20)5-6-13(9)16-14(18)10-3-2-4-11(15)8-10/h2-8H,1H3,(H,16,18). The predicted molar refractivity (Wildman–Crippen MR) is 84.9 cm³/mol. The monoisotopic (exact) mass is 382 g/mol. The molecule has 5 nitrogen and oxygen atoms in total. The van der Waals surface area contributed by atoms with Crippen molar-refractivity contribution < 1.29 is 9.72 Å². The summed E-state index contributed by atoms with van der Waals surface area (Å²) in [6.07, 6.45) is 0. The quantitative estimate of drug-likeness (QED) is 0.499. The summed E-state index contributed by atoms with van der Waals surface area (Å²) in [7, 11) is 0. The lowest BCUT2D eigenvalue weighted by atomic mass is 10.1. The molecule has 0 aliphatic rings. The van der Waals surface area contributed by atoms with Gasteiger partial charge in [-0.25, -0.2) is 0 Å². The average Bonchev–Trinajstić information content (AvgIpc) is 2.40. The first-order chi connectivity index (χ1) is 9.47. The van der Waals surface area contributed by atoms with Crippen LogP contribution in [0.2, 0.25) is 0 Å². The number of rotatable bonds is 3. The number of benzene rings is 2. The maximum Gasteiger partial charge on any atom is 0.269 e. The van der Waals surface area contributed by atoms with Gasteiger partial charge in [0.15, 0.2) is 0 Å². The van der Waals surface area contributed by atoms with E-state index in [-0.39, 0.29) is 11.6 Å². The summed E-state index contributed by atoms with van der Waals surface area (Å²) in [6.45, 7) is 1.72. The average molecular weight is 382 g/mol. The Bertz CT molecular complexity index is 686. The molecule has 0 saturated heterocycles. The van der Waals surface area contributed by atoms with Gasteiger partial charge < -0.3 is 5.32 Å². The van der Waals surface area contributed by atoms with E-state index in [1.165, 1.54) is 12.1 Å². The summed E-state index contributed by atoms with van der Waals surface area (Å²) in [5.74, 6) is -0.236. The number of hydrogen-bond acceptors (Lipinski definition) is 3. The highest BCUT2D eigenvalue weighted by atomic mass is 127. The fraction of sp³-hybridized carbons (Fsp3) is 0.0714. The molecule has 0 aromatic heterocycles. The SMILES string of the molecule is Cc1cc([N+](=O)[O-])ccc1NC(=O)c1cccc(I)c1. The van der Waals surface area contributed by atoms with Gasteiger partial charge in [-0.15, -0.1) is 0 Å². The van der Waals surface area contributed by atoms with E-state index in [0.29, 0.717) is 16.8 Å². The first-order valence-corrected chi connectivity index (χ1v) is 6.87. The number of carbonyl (C=O) groups excluding carboxylic acids is 1. The topological polar surface area (TPSA) is 72.2 Å². The van der Waals surface area contributed by atoms with Crippen LogP contribution in [0.1, 0.15) is 15.9 Å². The van der Waals surface area contributed by atoms with Crippen LogP contribution >= 0.6 is 22.6 Å². The van der Waals surface area contributed by atoms with Gasteiger partial charge in [-0.1, -0.05) is 6.07 Å².